The van der Waals surface area contributed by atoms with E-state index >= 15 is 0 Å². The van der Waals surface area contributed by atoms with E-state index in [-0.39, 0.29) is 13.0 Å². The Kier molecular flexibility index (Phi) is 5.89. The smallest absolute Gasteiger partial charge is 0.311 e. The van der Waals surface area contributed by atoms with Gasteiger partial charge in [-0.15, -0.1) is 0 Å². The maximum Gasteiger partial charge on any atom is 0.311 e. The van der Waals surface area contributed by atoms with Crippen LogP contribution in [0.15, 0.2) is 30.6 Å². The van der Waals surface area contributed by atoms with Crippen LogP contribution in [0.3, 0.4) is 0 Å². The first-order valence-electron chi connectivity index (χ1n) is 8.73. The molecule has 2 aromatic heterocycles. The van der Waals surface area contributed by atoms with Gasteiger partial charge in [0, 0.05) is 28.5 Å². The molecule has 0 radical (unpaired) electrons. The third-order valence-electron chi connectivity index (χ3n) is 4.40. The lowest BCUT2D eigenvalue weighted by molar-refractivity contribution is -0.154. The van der Waals surface area contributed by atoms with Gasteiger partial charge in [0.05, 0.1) is 6.42 Å². The van der Waals surface area contributed by atoms with Crippen molar-refractivity contribution in [3.63, 3.8) is 0 Å². The minimum Gasteiger partial charge on any atom is -0.452 e. The van der Waals surface area contributed by atoms with Crippen LogP contribution in [0.2, 0.25) is 5.02 Å². The number of carbonyl (C=O) groups excluding carboxylic acids is 2. The van der Waals surface area contributed by atoms with Crippen LogP contribution in [-0.4, -0.2) is 37.6 Å². The van der Waals surface area contributed by atoms with E-state index in [0.29, 0.717) is 22.1 Å². The van der Waals surface area contributed by atoms with Crippen LogP contribution in [0.25, 0.3) is 5.78 Å². The number of halogens is 1. The van der Waals surface area contributed by atoms with Crippen LogP contribution in [0.5, 0.6) is 0 Å². The minimum absolute atomic E-state index is 0.0113. The van der Waals surface area contributed by atoms with Crippen LogP contribution in [0, 0.1) is 13.8 Å². The predicted octanol–water partition coefficient (Wildman–Crippen LogP) is 2.19. The zero-order chi connectivity index (χ0) is 20.3. The van der Waals surface area contributed by atoms with Crippen molar-refractivity contribution in [3.05, 3.63) is 58.1 Å². The van der Waals surface area contributed by atoms with Crippen molar-refractivity contribution in [1.29, 1.82) is 0 Å². The Bertz CT molecular complexity index is 1030. The lowest BCUT2D eigenvalue weighted by Crippen LogP contribution is -2.36. The summed E-state index contributed by atoms with van der Waals surface area (Å²) in [5, 5.41) is 7.37. The zero-order valence-corrected chi connectivity index (χ0v) is 16.5. The van der Waals surface area contributed by atoms with E-state index in [2.05, 4.69) is 20.4 Å². The number of rotatable bonds is 6. The first-order valence-corrected chi connectivity index (χ1v) is 9.11. The van der Waals surface area contributed by atoms with Crippen molar-refractivity contribution in [1.82, 2.24) is 24.9 Å². The molecule has 1 N–H and O–H groups in total. The number of carbonyl (C=O) groups is 2. The van der Waals surface area contributed by atoms with E-state index < -0.39 is 18.0 Å². The summed E-state index contributed by atoms with van der Waals surface area (Å²) in [7, 11) is 0. The second kappa shape index (κ2) is 8.35. The number of nitrogens with one attached hydrogen (secondary N) is 1. The van der Waals surface area contributed by atoms with E-state index in [1.807, 2.05) is 25.1 Å². The molecule has 0 unspecified atom stereocenters. The van der Waals surface area contributed by atoms with E-state index in [1.54, 1.807) is 17.5 Å². The van der Waals surface area contributed by atoms with Gasteiger partial charge in [-0.1, -0.05) is 29.8 Å². The van der Waals surface area contributed by atoms with Gasteiger partial charge in [0.1, 0.15) is 6.33 Å². The highest BCUT2D eigenvalue weighted by atomic mass is 35.5. The third kappa shape index (κ3) is 4.28. The minimum atomic E-state index is -0.932. The second-order valence-electron chi connectivity index (χ2n) is 6.35. The van der Waals surface area contributed by atoms with Crippen LogP contribution >= 0.6 is 11.6 Å². The van der Waals surface area contributed by atoms with Gasteiger partial charge in [0.2, 0.25) is 0 Å². The molecular weight excluding hydrogens is 382 g/mol. The van der Waals surface area contributed by atoms with Gasteiger partial charge in [-0.3, -0.25) is 9.59 Å². The highest BCUT2D eigenvalue weighted by Crippen LogP contribution is 2.16. The quantitative estimate of drug-likeness (QED) is 0.636. The van der Waals surface area contributed by atoms with Crippen molar-refractivity contribution in [2.75, 3.05) is 0 Å². The van der Waals surface area contributed by atoms with E-state index in [9.17, 15) is 9.59 Å². The summed E-state index contributed by atoms with van der Waals surface area (Å²) in [6, 6.07) is 7.21. The standard InChI is InChI=1S/C19H20ClN5O3/c1-11-15(12(2)25-19(24-11)22-10-23-25)8-17(26)28-13(3)18(27)21-9-14-6-4-5-7-16(14)20/h4-7,10,13H,8-9H2,1-3H3,(H,21,27)/t13-/m1/s1. The van der Waals surface area contributed by atoms with Crippen LogP contribution in [0.1, 0.15) is 29.4 Å². The Hall–Kier alpha value is -3.00. The molecule has 1 amide bonds. The summed E-state index contributed by atoms with van der Waals surface area (Å²) in [6.07, 6.45) is 0.462. The topological polar surface area (TPSA) is 98.5 Å². The fourth-order valence-electron chi connectivity index (χ4n) is 2.82. The number of esters is 1. The lowest BCUT2D eigenvalue weighted by Gasteiger charge is -2.15. The summed E-state index contributed by atoms with van der Waals surface area (Å²) in [5.41, 5.74) is 2.92. The summed E-state index contributed by atoms with van der Waals surface area (Å²) >= 11 is 6.07. The van der Waals surface area contributed by atoms with Crippen LogP contribution < -0.4 is 5.32 Å². The van der Waals surface area contributed by atoms with Gasteiger partial charge in [0.15, 0.2) is 6.10 Å². The van der Waals surface area contributed by atoms with E-state index in [1.165, 1.54) is 13.3 Å². The zero-order valence-electron chi connectivity index (χ0n) is 15.8. The molecule has 8 nitrogen and oxygen atoms in total. The Morgan fingerprint density at radius 2 is 2.04 bits per heavy atom. The van der Waals surface area contributed by atoms with Gasteiger partial charge in [-0.25, -0.2) is 9.50 Å². The molecule has 9 heteroatoms. The maximum absolute atomic E-state index is 12.3. The molecule has 0 spiro atoms. The number of amides is 1. The van der Waals surface area contributed by atoms with Crippen molar-refractivity contribution < 1.29 is 14.3 Å². The highest BCUT2D eigenvalue weighted by molar-refractivity contribution is 6.31. The van der Waals surface area contributed by atoms with Gasteiger partial charge >= 0.3 is 5.97 Å². The SMILES string of the molecule is Cc1nc2ncnn2c(C)c1CC(=O)O[C@H](C)C(=O)NCc1ccccc1Cl. The maximum atomic E-state index is 12.3. The summed E-state index contributed by atoms with van der Waals surface area (Å²) in [5.74, 6) is -0.445. The molecule has 0 saturated heterocycles. The van der Waals surface area contributed by atoms with Crippen molar-refractivity contribution >= 4 is 29.3 Å². The molecule has 0 bridgehead atoms. The highest BCUT2D eigenvalue weighted by Gasteiger charge is 2.20. The molecule has 0 aliphatic rings. The molecule has 28 heavy (non-hydrogen) atoms. The number of aryl methyl sites for hydroxylation is 2. The van der Waals surface area contributed by atoms with Crippen LogP contribution in [-0.2, 0) is 27.3 Å². The van der Waals surface area contributed by atoms with E-state index in [4.69, 9.17) is 16.3 Å². The first kappa shape index (κ1) is 19.8. The number of nitrogens with zero attached hydrogens (tertiary/aromatic N) is 4. The largest absolute Gasteiger partial charge is 0.452 e. The first-order chi connectivity index (χ1) is 13.4. The normalized spacial score (nSPS) is 12.0. The summed E-state index contributed by atoms with van der Waals surface area (Å²) in [4.78, 5) is 32.9. The Balaban J connectivity index is 1.60. The molecular formula is C19H20ClN5O3. The molecule has 3 rings (SSSR count). The van der Waals surface area contributed by atoms with Crippen molar-refractivity contribution in [2.45, 2.75) is 39.8 Å². The lowest BCUT2D eigenvalue weighted by atomic mass is 10.1. The second-order valence-corrected chi connectivity index (χ2v) is 6.76. The molecule has 1 aromatic carbocycles. The van der Waals surface area contributed by atoms with Crippen molar-refractivity contribution in [3.8, 4) is 0 Å². The average Bonchev–Trinajstić information content (AvgIpc) is 3.12. The number of hydrogen-bond donors (Lipinski definition) is 1. The molecule has 146 valence electrons. The fourth-order valence-corrected chi connectivity index (χ4v) is 3.02. The summed E-state index contributed by atoms with van der Waals surface area (Å²) in [6.45, 7) is 5.41. The van der Waals surface area contributed by atoms with Gasteiger partial charge in [-0.2, -0.15) is 10.1 Å². The number of fused-ring (bicyclic) bond motifs is 1. The molecule has 0 saturated carbocycles. The van der Waals surface area contributed by atoms with Gasteiger partial charge < -0.3 is 10.1 Å². The number of aromatic nitrogens is 4. The summed E-state index contributed by atoms with van der Waals surface area (Å²) < 4.78 is 6.85. The molecule has 1 atom stereocenters. The molecule has 3 aromatic rings. The molecule has 2 heterocycles. The van der Waals surface area contributed by atoms with Crippen molar-refractivity contribution in [2.24, 2.45) is 0 Å². The number of hydrogen-bond acceptors (Lipinski definition) is 6. The Morgan fingerprint density at radius 1 is 1.29 bits per heavy atom. The van der Waals surface area contributed by atoms with Gasteiger partial charge in [0.25, 0.3) is 11.7 Å². The fraction of sp³-hybridized carbons (Fsp3) is 0.316. The molecule has 0 aliphatic heterocycles. The monoisotopic (exact) mass is 401 g/mol. The number of ether oxygens (including phenoxy) is 1. The van der Waals surface area contributed by atoms with Crippen LogP contribution in [0.4, 0.5) is 0 Å². The number of benzene rings is 1. The third-order valence-corrected chi connectivity index (χ3v) is 4.77. The van der Waals surface area contributed by atoms with Gasteiger partial charge in [-0.05, 0) is 32.4 Å². The Morgan fingerprint density at radius 3 is 2.79 bits per heavy atom. The molecule has 0 aliphatic carbocycles. The average molecular weight is 402 g/mol. The predicted molar refractivity (Wildman–Crippen MR) is 103 cm³/mol. The van der Waals surface area contributed by atoms with E-state index in [0.717, 1.165) is 11.3 Å². The Labute approximate surface area is 166 Å². The molecule has 0 fully saturated rings.